The molecule has 6 amide bonds. The van der Waals surface area contributed by atoms with Gasteiger partial charge in [0.05, 0.1) is 34.6 Å². The lowest BCUT2D eigenvalue weighted by Gasteiger charge is -2.37. The summed E-state index contributed by atoms with van der Waals surface area (Å²) < 4.78 is 0. The highest BCUT2D eigenvalue weighted by Crippen LogP contribution is 2.31. The number of nitrogens with one attached hydrogen (secondary N) is 4. The Morgan fingerprint density at radius 1 is 0.577 bits per heavy atom. The van der Waals surface area contributed by atoms with E-state index in [0.717, 1.165) is 107 Å². The monoisotopic (exact) mass is 1060 g/mol. The average Bonchev–Trinajstić information content (AvgIpc) is 4.21. The van der Waals surface area contributed by atoms with Gasteiger partial charge in [0.25, 0.3) is 17.7 Å². The summed E-state index contributed by atoms with van der Waals surface area (Å²) >= 11 is 0. The average molecular weight is 1060 g/mol. The van der Waals surface area contributed by atoms with Crippen LogP contribution in [0.15, 0.2) is 109 Å². The number of amides is 6. The van der Waals surface area contributed by atoms with E-state index in [4.69, 9.17) is 9.97 Å². The Bertz CT molecular complexity index is 2670. The van der Waals surface area contributed by atoms with Gasteiger partial charge in [-0.1, -0.05) is 86.3 Å². The largest absolute Gasteiger partial charge is 0.343 e. The van der Waals surface area contributed by atoms with E-state index in [-0.39, 0.29) is 53.4 Å². The van der Waals surface area contributed by atoms with Crippen LogP contribution in [0.25, 0.3) is 11.4 Å². The molecule has 4 N–H and O–H groups in total. The van der Waals surface area contributed by atoms with Crippen LogP contribution in [0.4, 0.5) is 0 Å². The van der Waals surface area contributed by atoms with Gasteiger partial charge in [0.1, 0.15) is 11.7 Å². The molecule has 2 aromatic carbocycles. The number of hydrogen-bond acceptors (Lipinski definition) is 10. The van der Waals surface area contributed by atoms with Crippen molar-refractivity contribution in [1.82, 2.24) is 50.8 Å². The number of carbonyl (C=O) groups excluding carboxylic acids is 6. The van der Waals surface area contributed by atoms with Gasteiger partial charge in [-0.05, 0) is 152 Å². The third-order valence-corrected chi connectivity index (χ3v) is 16.7. The maximum atomic E-state index is 14.6. The molecule has 0 unspecified atom stereocenters. The molecule has 5 atom stereocenters. The van der Waals surface area contributed by atoms with Gasteiger partial charge in [-0.3, -0.25) is 38.7 Å². The van der Waals surface area contributed by atoms with Crippen molar-refractivity contribution in [2.24, 2.45) is 5.92 Å². The van der Waals surface area contributed by atoms with E-state index >= 15 is 0 Å². The van der Waals surface area contributed by atoms with Crippen LogP contribution in [0.5, 0.6) is 0 Å². The van der Waals surface area contributed by atoms with E-state index in [1.807, 2.05) is 68.1 Å². The fourth-order valence-corrected chi connectivity index (χ4v) is 11.7. The van der Waals surface area contributed by atoms with Crippen molar-refractivity contribution in [3.05, 3.63) is 131 Å². The molecule has 4 fully saturated rings. The lowest BCUT2D eigenvalue weighted by atomic mass is 9.83. The van der Waals surface area contributed by atoms with E-state index < -0.39 is 18.1 Å². The van der Waals surface area contributed by atoms with Gasteiger partial charge in [0.2, 0.25) is 17.7 Å². The minimum atomic E-state index is -0.615. The first kappa shape index (κ1) is 57.4. The summed E-state index contributed by atoms with van der Waals surface area (Å²) in [6, 6.07) is 25.2. The Balaban J connectivity index is 0.975. The second kappa shape index (κ2) is 28.2. The third kappa shape index (κ3) is 14.9. The fourth-order valence-electron chi connectivity index (χ4n) is 11.7. The van der Waals surface area contributed by atoms with Crippen molar-refractivity contribution in [1.29, 1.82) is 0 Å². The summed E-state index contributed by atoms with van der Waals surface area (Å²) in [5.74, 6) is -0.992. The molecule has 416 valence electrons. The van der Waals surface area contributed by atoms with Gasteiger partial charge in [-0.25, -0.2) is 0 Å². The zero-order chi connectivity index (χ0) is 55.0. The number of hydrogen-bond donors (Lipinski definition) is 4. The quantitative estimate of drug-likeness (QED) is 0.0591. The number of aromatic nitrogens is 2. The predicted molar refractivity (Wildman–Crippen MR) is 303 cm³/mol. The predicted octanol–water partition coefficient (Wildman–Crippen LogP) is 7.11. The van der Waals surface area contributed by atoms with E-state index in [1.54, 1.807) is 64.6 Å². The van der Waals surface area contributed by atoms with Gasteiger partial charge >= 0.3 is 0 Å². The summed E-state index contributed by atoms with van der Waals surface area (Å²) in [4.78, 5) is 102. The molecule has 2 aromatic heterocycles. The number of nitrogens with zero attached hydrogens (tertiary/aromatic N) is 6. The number of allylic oxidation sites excluding steroid dienone is 1. The number of benzene rings is 2. The molecule has 2 saturated heterocycles. The molecule has 2 aliphatic carbocycles. The van der Waals surface area contributed by atoms with Crippen LogP contribution in [0.2, 0.25) is 0 Å². The molecule has 2 saturated carbocycles. The van der Waals surface area contributed by atoms with Gasteiger partial charge in [-0.2, -0.15) is 0 Å². The minimum absolute atomic E-state index is 0.0605. The number of pyridine rings is 2. The Hall–Kier alpha value is -6.78. The molecule has 2 aliphatic heterocycles. The van der Waals surface area contributed by atoms with Gasteiger partial charge < -0.3 is 40.9 Å². The normalized spacial score (nSPS) is 18.9. The highest BCUT2D eigenvalue weighted by molar-refractivity contribution is 6.00. The summed E-state index contributed by atoms with van der Waals surface area (Å²) in [6.07, 6.45) is 17.1. The fraction of sp³-hybridized carbons (Fsp3) is 0.516. The second-order valence-electron chi connectivity index (χ2n) is 21.9. The Morgan fingerprint density at radius 3 is 1.56 bits per heavy atom. The SMILES string of the molecule is CN[C@@H](C)C(=O)NC(C(=O)N1CCC[C@H]1CN(CCc1ccccc1)C(=O)c1ccc(-c2ccc(C(=O)N(CCc3ccccc3)C[C@@H]3CCCN3C(=O)[C@@H](NC(=O)[C@H](C)NC)C3CCCCC3)cn2)nc1)=C1CCCCC1. The molecular formula is C62H82N10O6. The summed E-state index contributed by atoms with van der Waals surface area (Å²) in [7, 11) is 3.47. The molecule has 4 aliphatic rings. The van der Waals surface area contributed by atoms with E-state index in [2.05, 4.69) is 33.4 Å². The van der Waals surface area contributed by atoms with Crippen LogP contribution >= 0.6 is 0 Å². The van der Waals surface area contributed by atoms with Crippen molar-refractivity contribution < 1.29 is 28.8 Å². The molecule has 0 bridgehead atoms. The van der Waals surface area contributed by atoms with Crippen LogP contribution < -0.4 is 21.3 Å². The van der Waals surface area contributed by atoms with Crippen molar-refractivity contribution in [2.75, 3.05) is 53.4 Å². The maximum Gasteiger partial charge on any atom is 0.270 e. The van der Waals surface area contributed by atoms with Gasteiger partial charge in [0.15, 0.2) is 0 Å². The first-order chi connectivity index (χ1) is 37.9. The van der Waals surface area contributed by atoms with E-state index in [0.29, 0.717) is 80.3 Å². The Kier molecular flexibility index (Phi) is 20.8. The molecule has 16 nitrogen and oxygen atoms in total. The van der Waals surface area contributed by atoms with Crippen LogP contribution in [-0.2, 0) is 32.0 Å². The molecule has 16 heteroatoms. The molecule has 0 radical (unpaired) electrons. The van der Waals surface area contributed by atoms with Crippen LogP contribution in [0.1, 0.15) is 136 Å². The lowest BCUT2D eigenvalue weighted by Crippen LogP contribution is -2.57. The number of carbonyl (C=O) groups is 6. The lowest BCUT2D eigenvalue weighted by molar-refractivity contribution is -0.139. The Morgan fingerprint density at radius 2 is 1.06 bits per heavy atom. The first-order valence-electron chi connectivity index (χ1n) is 28.8. The van der Waals surface area contributed by atoms with Crippen LogP contribution in [-0.4, -0.2) is 149 Å². The molecular weight excluding hydrogens is 981 g/mol. The maximum absolute atomic E-state index is 14.6. The smallest absolute Gasteiger partial charge is 0.270 e. The van der Waals surface area contributed by atoms with E-state index in [9.17, 15) is 28.8 Å². The van der Waals surface area contributed by atoms with E-state index in [1.165, 1.54) is 0 Å². The molecule has 4 heterocycles. The van der Waals surface area contributed by atoms with Crippen molar-refractivity contribution in [2.45, 2.75) is 147 Å². The standard InChI is InChI=1S/C62H82N10O6/c1-43(63-3)57(73)67-55(47-23-13-7-14-24-47)61(77)71-35-17-27-51(71)41-69(37-33-45-19-9-5-10-20-45)59(75)49-29-31-53(65-39-49)54-32-30-50(40-66-54)60(76)70(38-34-46-21-11-6-12-22-46)42-52-28-18-36-72(52)62(78)56(48-25-15-8-16-26-48)68-58(74)44(2)64-4/h5-6,9-12,19-22,29-32,39-40,43-44,47,51-52,55,63-64H,7-8,13-18,23-28,33-38,41-42H2,1-4H3,(H,67,73)(H,68,74)/t43-,44-,51-,52-,55-/m0/s1. The van der Waals surface area contributed by atoms with Crippen molar-refractivity contribution in [3.63, 3.8) is 0 Å². The topological polar surface area (TPSA) is 189 Å². The van der Waals surface area contributed by atoms with Crippen molar-refractivity contribution in [3.8, 4) is 11.4 Å². The van der Waals surface area contributed by atoms with Crippen LogP contribution in [0.3, 0.4) is 0 Å². The third-order valence-electron chi connectivity index (χ3n) is 16.7. The number of rotatable bonds is 22. The zero-order valence-electron chi connectivity index (χ0n) is 46.4. The summed E-state index contributed by atoms with van der Waals surface area (Å²) in [6.45, 7) is 6.23. The zero-order valence-corrected chi connectivity index (χ0v) is 46.4. The highest BCUT2D eigenvalue weighted by atomic mass is 16.2. The number of likely N-dealkylation sites (N-methyl/N-ethyl adjacent to an activating group) is 2. The Labute approximate surface area is 461 Å². The molecule has 8 rings (SSSR count). The molecule has 0 spiro atoms. The summed E-state index contributed by atoms with van der Waals surface area (Å²) in [5, 5.41) is 12.1. The number of likely N-dealkylation sites (tertiary alicyclic amines) is 2. The summed E-state index contributed by atoms with van der Waals surface area (Å²) in [5.41, 5.74) is 5.48. The van der Waals surface area contributed by atoms with Crippen molar-refractivity contribution >= 4 is 35.4 Å². The first-order valence-corrected chi connectivity index (χ1v) is 28.8. The highest BCUT2D eigenvalue weighted by Gasteiger charge is 2.40. The van der Waals surface area contributed by atoms with Gasteiger partial charge in [-0.15, -0.1) is 0 Å². The minimum Gasteiger partial charge on any atom is -0.343 e. The second-order valence-corrected chi connectivity index (χ2v) is 21.9. The van der Waals surface area contributed by atoms with Gasteiger partial charge in [0, 0.05) is 63.7 Å². The molecule has 78 heavy (non-hydrogen) atoms. The molecule has 4 aromatic rings. The van der Waals surface area contributed by atoms with Crippen LogP contribution in [0, 0.1) is 5.92 Å².